The van der Waals surface area contributed by atoms with E-state index in [4.69, 9.17) is 4.98 Å². The van der Waals surface area contributed by atoms with E-state index in [1.54, 1.807) is 22.0 Å². The summed E-state index contributed by atoms with van der Waals surface area (Å²) in [5, 5.41) is 13.8. The lowest BCUT2D eigenvalue weighted by Gasteiger charge is -2.12. The number of fused-ring (bicyclic) bond motifs is 4. The Kier molecular flexibility index (Phi) is 6.79. The van der Waals surface area contributed by atoms with Gasteiger partial charge in [-0.15, -0.1) is 21.5 Å². The molecule has 0 atom stereocenters. The summed E-state index contributed by atoms with van der Waals surface area (Å²) in [7, 11) is 0. The van der Waals surface area contributed by atoms with Crippen molar-refractivity contribution in [2.45, 2.75) is 25.9 Å². The maximum Gasteiger partial charge on any atom is 0.267 e. The smallest absolute Gasteiger partial charge is 0.267 e. The van der Waals surface area contributed by atoms with Crippen LogP contribution in [0.25, 0.3) is 43.2 Å². The Morgan fingerprint density at radius 1 is 0.884 bits per heavy atom. The molecular weight excluding hydrogens is 577 g/mol. The molecule has 0 fully saturated rings. The highest BCUT2D eigenvalue weighted by molar-refractivity contribution is 7.99. The van der Waals surface area contributed by atoms with Crippen LogP contribution in [-0.2, 0) is 4.79 Å². The van der Waals surface area contributed by atoms with E-state index in [0.29, 0.717) is 27.5 Å². The van der Waals surface area contributed by atoms with Gasteiger partial charge in [-0.3, -0.25) is 14.0 Å². The summed E-state index contributed by atoms with van der Waals surface area (Å²) >= 11 is 2.93. The van der Waals surface area contributed by atoms with Crippen molar-refractivity contribution in [1.29, 1.82) is 0 Å². The zero-order valence-corrected chi connectivity index (χ0v) is 25.3. The topological polar surface area (TPSA) is 94.2 Å². The van der Waals surface area contributed by atoms with E-state index >= 15 is 0 Å². The van der Waals surface area contributed by atoms with Crippen molar-refractivity contribution >= 4 is 61.6 Å². The van der Waals surface area contributed by atoms with Gasteiger partial charge in [0.05, 0.1) is 32.6 Å². The standard InChI is InChI=1S/C33H26N6O2S2/c1-19-8-13-26-28(17-19)43-30(35-26)22-9-11-23(12-10-22)34-29(40)18-42-33-37-36-32-38(24-15-20(2)14-21(3)16-24)31(41)25-6-4-5-7-27(25)39(32)33/h4-17H,18H2,1-3H3,(H,34,40). The van der Waals surface area contributed by atoms with Crippen LogP contribution in [0.3, 0.4) is 0 Å². The first kappa shape index (κ1) is 27.1. The zero-order chi connectivity index (χ0) is 29.7. The summed E-state index contributed by atoms with van der Waals surface area (Å²) in [5.41, 5.74) is 7.24. The molecule has 0 unspecified atom stereocenters. The van der Waals surface area contributed by atoms with Crippen LogP contribution < -0.4 is 10.9 Å². The largest absolute Gasteiger partial charge is 0.325 e. The molecule has 0 spiro atoms. The summed E-state index contributed by atoms with van der Waals surface area (Å²) in [6.07, 6.45) is 0. The van der Waals surface area contributed by atoms with Gasteiger partial charge in [-0.1, -0.05) is 36.0 Å². The Morgan fingerprint density at radius 3 is 2.44 bits per heavy atom. The van der Waals surface area contributed by atoms with Crippen molar-refractivity contribution in [3.05, 3.63) is 112 Å². The molecular formula is C33H26N6O2S2. The van der Waals surface area contributed by atoms with Crippen LogP contribution in [0.4, 0.5) is 5.69 Å². The van der Waals surface area contributed by atoms with E-state index in [0.717, 1.165) is 37.6 Å². The second kappa shape index (κ2) is 10.8. The van der Waals surface area contributed by atoms with Crippen LogP contribution in [0.1, 0.15) is 16.7 Å². The number of aryl methyl sites for hydroxylation is 3. The van der Waals surface area contributed by atoms with E-state index in [1.165, 1.54) is 17.3 Å². The van der Waals surface area contributed by atoms with Crippen molar-refractivity contribution in [3.8, 4) is 16.3 Å². The lowest BCUT2D eigenvalue weighted by molar-refractivity contribution is -0.113. The van der Waals surface area contributed by atoms with Crippen LogP contribution in [0.15, 0.2) is 94.9 Å². The molecule has 4 aromatic carbocycles. The first-order chi connectivity index (χ1) is 20.8. The molecule has 0 aliphatic heterocycles. The molecule has 1 N–H and O–H groups in total. The van der Waals surface area contributed by atoms with Gasteiger partial charge in [0.2, 0.25) is 11.7 Å². The summed E-state index contributed by atoms with van der Waals surface area (Å²) in [6.45, 7) is 6.07. The van der Waals surface area contributed by atoms with Gasteiger partial charge in [0.25, 0.3) is 5.56 Å². The number of thiazole rings is 1. The molecule has 10 heteroatoms. The average molecular weight is 603 g/mol. The van der Waals surface area contributed by atoms with Gasteiger partial charge < -0.3 is 5.32 Å². The van der Waals surface area contributed by atoms with E-state index < -0.39 is 0 Å². The summed E-state index contributed by atoms with van der Waals surface area (Å²) in [6, 6.07) is 27.3. The highest BCUT2D eigenvalue weighted by Crippen LogP contribution is 2.31. The van der Waals surface area contributed by atoms with Gasteiger partial charge in [0.15, 0.2) is 5.16 Å². The number of benzene rings is 4. The Hall–Kier alpha value is -4.80. The first-order valence-electron chi connectivity index (χ1n) is 13.7. The number of aromatic nitrogens is 5. The fourth-order valence-electron chi connectivity index (χ4n) is 5.26. The molecule has 1 amide bonds. The minimum atomic E-state index is -0.170. The molecule has 7 aromatic rings. The number of carbonyl (C=O) groups excluding carboxylic acids is 1. The zero-order valence-electron chi connectivity index (χ0n) is 23.7. The SMILES string of the molecule is Cc1cc(C)cc(-n2c(=O)c3ccccc3n3c(SCC(=O)Nc4ccc(-c5nc6ccc(C)cc6s5)cc4)nnc23)c1. The van der Waals surface area contributed by atoms with Gasteiger partial charge in [0, 0.05) is 11.3 Å². The molecule has 3 aromatic heterocycles. The van der Waals surface area contributed by atoms with Crippen molar-refractivity contribution < 1.29 is 4.79 Å². The highest BCUT2D eigenvalue weighted by Gasteiger charge is 2.19. The van der Waals surface area contributed by atoms with Crippen LogP contribution in [-0.4, -0.2) is 35.8 Å². The number of nitrogens with zero attached hydrogens (tertiary/aromatic N) is 5. The third-order valence-electron chi connectivity index (χ3n) is 7.15. The molecule has 0 aliphatic carbocycles. The number of anilines is 1. The van der Waals surface area contributed by atoms with Crippen molar-refractivity contribution in [2.75, 3.05) is 11.1 Å². The highest BCUT2D eigenvalue weighted by atomic mass is 32.2. The Labute approximate surface area is 255 Å². The van der Waals surface area contributed by atoms with E-state index in [1.807, 2.05) is 78.9 Å². The number of nitrogens with one attached hydrogen (secondary N) is 1. The number of carbonyl (C=O) groups is 1. The molecule has 0 radical (unpaired) electrons. The van der Waals surface area contributed by atoms with Crippen molar-refractivity contribution in [1.82, 2.24) is 24.1 Å². The fourth-order valence-corrected chi connectivity index (χ4v) is 7.07. The lowest BCUT2D eigenvalue weighted by atomic mass is 10.1. The van der Waals surface area contributed by atoms with Gasteiger partial charge in [-0.2, -0.15) is 0 Å². The van der Waals surface area contributed by atoms with Crippen LogP contribution in [0.5, 0.6) is 0 Å². The fraction of sp³-hybridized carbons (Fsp3) is 0.121. The van der Waals surface area contributed by atoms with Crippen LogP contribution in [0.2, 0.25) is 0 Å². The van der Waals surface area contributed by atoms with Crippen molar-refractivity contribution in [2.24, 2.45) is 0 Å². The van der Waals surface area contributed by atoms with Gasteiger partial charge in [-0.05, 0) is 98.1 Å². The summed E-state index contributed by atoms with van der Waals surface area (Å²) in [5.74, 6) is 0.352. The maximum atomic E-state index is 13.6. The molecule has 0 saturated carbocycles. The number of rotatable bonds is 6. The molecule has 0 saturated heterocycles. The Morgan fingerprint density at radius 2 is 1.65 bits per heavy atom. The molecule has 7 rings (SSSR count). The minimum Gasteiger partial charge on any atom is -0.325 e. The predicted molar refractivity (Wildman–Crippen MR) is 175 cm³/mol. The third-order valence-corrected chi connectivity index (χ3v) is 9.15. The number of para-hydroxylation sites is 1. The first-order valence-corrected chi connectivity index (χ1v) is 15.5. The normalized spacial score (nSPS) is 11.5. The second-order valence-corrected chi connectivity index (χ2v) is 12.5. The lowest BCUT2D eigenvalue weighted by Crippen LogP contribution is -2.22. The second-order valence-electron chi connectivity index (χ2n) is 10.5. The molecule has 43 heavy (non-hydrogen) atoms. The Bertz CT molecular complexity index is 2230. The number of amides is 1. The minimum absolute atomic E-state index is 0.122. The van der Waals surface area contributed by atoms with E-state index in [-0.39, 0.29) is 17.2 Å². The number of thioether (sulfide) groups is 1. The summed E-state index contributed by atoms with van der Waals surface area (Å²) in [4.78, 5) is 31.3. The average Bonchev–Trinajstić information content (AvgIpc) is 3.60. The maximum absolute atomic E-state index is 13.6. The van der Waals surface area contributed by atoms with Gasteiger partial charge >= 0.3 is 0 Å². The molecule has 212 valence electrons. The Balaban J connectivity index is 1.14. The monoisotopic (exact) mass is 602 g/mol. The number of hydrogen-bond acceptors (Lipinski definition) is 7. The molecule has 0 bridgehead atoms. The van der Waals surface area contributed by atoms with E-state index in [9.17, 15) is 9.59 Å². The predicted octanol–water partition coefficient (Wildman–Crippen LogP) is 6.97. The van der Waals surface area contributed by atoms with Gasteiger partial charge in [0.1, 0.15) is 5.01 Å². The number of hydrogen-bond donors (Lipinski definition) is 1. The molecule has 8 nitrogen and oxygen atoms in total. The quantitative estimate of drug-likeness (QED) is 0.207. The van der Waals surface area contributed by atoms with Gasteiger partial charge in [-0.25, -0.2) is 9.55 Å². The van der Waals surface area contributed by atoms with Crippen LogP contribution >= 0.6 is 23.1 Å². The van der Waals surface area contributed by atoms with Crippen LogP contribution in [0, 0.1) is 20.8 Å². The third kappa shape index (κ3) is 5.09. The van der Waals surface area contributed by atoms with Crippen molar-refractivity contribution in [3.63, 3.8) is 0 Å². The molecule has 0 aliphatic rings. The van der Waals surface area contributed by atoms with E-state index in [2.05, 4.69) is 40.6 Å². The summed E-state index contributed by atoms with van der Waals surface area (Å²) < 4.78 is 4.60. The molecule has 3 heterocycles.